The molecule has 1 aromatic heterocycles. The number of nitrogens with one attached hydrogen (secondary N) is 2. The normalized spacial score (nSPS) is 16.4. The number of carbonyl (C=O) groups is 2. The van der Waals surface area contributed by atoms with E-state index in [4.69, 9.17) is 9.15 Å². The lowest BCUT2D eigenvalue weighted by atomic mass is 10.2. The zero-order valence-electron chi connectivity index (χ0n) is 14.3. The van der Waals surface area contributed by atoms with Crippen LogP contribution in [0.1, 0.15) is 23.4 Å². The molecule has 2 heterocycles. The number of ether oxygens (including phenoxy) is 1. The largest absolute Gasteiger partial charge is 0.449 e. The summed E-state index contributed by atoms with van der Waals surface area (Å²) in [7, 11) is 0. The van der Waals surface area contributed by atoms with Gasteiger partial charge in [0, 0.05) is 17.7 Å². The lowest BCUT2D eigenvalue weighted by molar-refractivity contribution is -0.124. The van der Waals surface area contributed by atoms with E-state index in [0.717, 1.165) is 6.42 Å². The molecule has 0 bridgehead atoms. The predicted octanol–water partition coefficient (Wildman–Crippen LogP) is 3.94. The highest BCUT2D eigenvalue weighted by atomic mass is 19.1. The van der Waals surface area contributed by atoms with E-state index in [-0.39, 0.29) is 11.7 Å². The van der Waals surface area contributed by atoms with Gasteiger partial charge in [0.25, 0.3) is 11.8 Å². The van der Waals surface area contributed by atoms with Crippen LogP contribution < -0.4 is 10.6 Å². The first-order valence-electron chi connectivity index (χ1n) is 8.63. The first kappa shape index (κ1) is 17.2. The Bertz CT molecular complexity index is 991. The number of amides is 2. The average Bonchev–Trinajstić information content (AvgIpc) is 3.32. The van der Waals surface area contributed by atoms with Crippen LogP contribution in [-0.4, -0.2) is 24.5 Å². The van der Waals surface area contributed by atoms with Gasteiger partial charge in [-0.1, -0.05) is 12.1 Å². The topological polar surface area (TPSA) is 80.6 Å². The molecule has 1 aliphatic heterocycles. The summed E-state index contributed by atoms with van der Waals surface area (Å²) in [4.78, 5) is 25.2. The fourth-order valence-corrected chi connectivity index (χ4v) is 3.04. The molecule has 1 atom stereocenters. The third-order valence-electron chi connectivity index (χ3n) is 4.37. The number of benzene rings is 2. The van der Waals surface area contributed by atoms with Gasteiger partial charge in [-0.25, -0.2) is 4.39 Å². The molecule has 1 saturated heterocycles. The Balaban J connectivity index is 1.65. The highest BCUT2D eigenvalue weighted by molar-refractivity contribution is 6.15. The molecule has 6 nitrogen and oxygen atoms in total. The third kappa shape index (κ3) is 3.54. The van der Waals surface area contributed by atoms with Gasteiger partial charge in [-0.15, -0.1) is 0 Å². The Hall–Kier alpha value is -3.19. The number of carbonyl (C=O) groups excluding carboxylic acids is 2. The molecule has 3 aromatic rings. The molecule has 2 amide bonds. The standard InChI is InChI=1S/C20H17FN2O4/c21-12-7-9-13(10-8-12)22-20(25)18-17(14-4-1-2-5-15(14)27-18)23-19(24)16-6-3-11-26-16/h1-2,4-5,7-10,16H,3,6,11H2,(H,22,25)(H,23,24). The van der Waals surface area contributed by atoms with Crippen LogP contribution >= 0.6 is 0 Å². The maximum absolute atomic E-state index is 13.1. The van der Waals surface area contributed by atoms with E-state index >= 15 is 0 Å². The van der Waals surface area contributed by atoms with Crippen LogP contribution in [0, 0.1) is 5.82 Å². The molecule has 1 fully saturated rings. The second-order valence-corrected chi connectivity index (χ2v) is 6.25. The van der Waals surface area contributed by atoms with E-state index in [1.54, 1.807) is 24.3 Å². The van der Waals surface area contributed by atoms with E-state index in [2.05, 4.69) is 10.6 Å². The number of hydrogen-bond acceptors (Lipinski definition) is 4. The molecule has 0 aliphatic carbocycles. The van der Waals surface area contributed by atoms with Gasteiger partial charge in [0.2, 0.25) is 5.76 Å². The minimum absolute atomic E-state index is 0.0214. The molecule has 0 saturated carbocycles. The summed E-state index contributed by atoms with van der Waals surface area (Å²) in [6.07, 6.45) is 0.924. The van der Waals surface area contributed by atoms with Gasteiger partial charge in [0.15, 0.2) is 0 Å². The molecule has 1 unspecified atom stereocenters. The fourth-order valence-electron chi connectivity index (χ4n) is 3.04. The summed E-state index contributed by atoms with van der Waals surface area (Å²) >= 11 is 0. The number of hydrogen-bond donors (Lipinski definition) is 2. The van der Waals surface area contributed by atoms with Crippen LogP contribution in [0.25, 0.3) is 11.0 Å². The minimum atomic E-state index is -0.541. The summed E-state index contributed by atoms with van der Waals surface area (Å²) in [6.45, 7) is 0.544. The van der Waals surface area contributed by atoms with Crippen molar-refractivity contribution in [2.75, 3.05) is 17.2 Å². The van der Waals surface area contributed by atoms with Crippen LogP contribution in [0.4, 0.5) is 15.8 Å². The fraction of sp³-hybridized carbons (Fsp3) is 0.200. The molecule has 27 heavy (non-hydrogen) atoms. The van der Waals surface area contributed by atoms with Crippen molar-refractivity contribution in [3.63, 3.8) is 0 Å². The Kier molecular flexibility index (Phi) is 4.60. The summed E-state index contributed by atoms with van der Waals surface area (Å²) in [6, 6.07) is 12.4. The maximum Gasteiger partial charge on any atom is 0.293 e. The van der Waals surface area contributed by atoms with Crippen molar-refractivity contribution in [2.24, 2.45) is 0 Å². The second-order valence-electron chi connectivity index (χ2n) is 6.25. The summed E-state index contributed by atoms with van der Waals surface area (Å²) in [5, 5.41) is 6.04. The SMILES string of the molecule is O=C(Nc1ccc(F)cc1)c1oc2ccccc2c1NC(=O)C1CCCO1. The molecule has 138 valence electrons. The molecule has 1 aliphatic rings. The van der Waals surface area contributed by atoms with Crippen molar-refractivity contribution in [1.29, 1.82) is 0 Å². The van der Waals surface area contributed by atoms with E-state index in [0.29, 0.717) is 35.4 Å². The summed E-state index contributed by atoms with van der Waals surface area (Å²) < 4.78 is 24.1. The number of anilines is 2. The molecule has 0 spiro atoms. The van der Waals surface area contributed by atoms with Gasteiger partial charge in [-0.2, -0.15) is 0 Å². The maximum atomic E-state index is 13.1. The zero-order valence-corrected chi connectivity index (χ0v) is 14.3. The summed E-state index contributed by atoms with van der Waals surface area (Å²) in [5.74, 6) is -1.27. The summed E-state index contributed by atoms with van der Waals surface area (Å²) in [5.41, 5.74) is 1.19. The van der Waals surface area contributed by atoms with Crippen LogP contribution in [0.15, 0.2) is 52.9 Å². The van der Waals surface area contributed by atoms with Crippen molar-refractivity contribution < 1.29 is 23.1 Å². The van der Waals surface area contributed by atoms with Gasteiger partial charge in [0.1, 0.15) is 23.2 Å². The smallest absolute Gasteiger partial charge is 0.293 e. The van der Waals surface area contributed by atoms with Crippen molar-refractivity contribution in [1.82, 2.24) is 0 Å². The van der Waals surface area contributed by atoms with Crippen LogP contribution in [0.5, 0.6) is 0 Å². The minimum Gasteiger partial charge on any atom is -0.449 e. The number of halogens is 1. The van der Waals surface area contributed by atoms with E-state index < -0.39 is 17.8 Å². The highest BCUT2D eigenvalue weighted by Crippen LogP contribution is 2.32. The molecule has 4 rings (SSSR count). The monoisotopic (exact) mass is 368 g/mol. The van der Waals surface area contributed by atoms with E-state index in [9.17, 15) is 14.0 Å². The predicted molar refractivity (Wildman–Crippen MR) is 98.2 cm³/mol. The van der Waals surface area contributed by atoms with Gasteiger partial charge in [-0.3, -0.25) is 9.59 Å². The van der Waals surface area contributed by atoms with Crippen molar-refractivity contribution >= 4 is 34.2 Å². The lowest BCUT2D eigenvalue weighted by Crippen LogP contribution is -2.27. The van der Waals surface area contributed by atoms with Gasteiger partial charge in [0.05, 0.1) is 0 Å². The Labute approximate surface area is 154 Å². The Morgan fingerprint density at radius 2 is 1.81 bits per heavy atom. The second kappa shape index (κ2) is 7.20. The Morgan fingerprint density at radius 3 is 2.56 bits per heavy atom. The first-order valence-corrected chi connectivity index (χ1v) is 8.63. The third-order valence-corrected chi connectivity index (χ3v) is 4.37. The molecule has 0 radical (unpaired) electrons. The first-order chi connectivity index (χ1) is 13.1. The molecule has 2 aromatic carbocycles. The number of para-hydroxylation sites is 1. The molecule has 7 heteroatoms. The van der Waals surface area contributed by atoms with Crippen molar-refractivity contribution in [2.45, 2.75) is 18.9 Å². The Morgan fingerprint density at radius 1 is 1.04 bits per heavy atom. The van der Waals surface area contributed by atoms with Crippen molar-refractivity contribution in [3.8, 4) is 0 Å². The number of fused-ring (bicyclic) bond motifs is 1. The number of furan rings is 1. The number of rotatable bonds is 4. The average molecular weight is 368 g/mol. The lowest BCUT2D eigenvalue weighted by Gasteiger charge is -2.11. The highest BCUT2D eigenvalue weighted by Gasteiger charge is 2.28. The van der Waals surface area contributed by atoms with Crippen molar-refractivity contribution in [3.05, 3.63) is 60.1 Å². The van der Waals surface area contributed by atoms with Gasteiger partial charge in [-0.05, 0) is 49.2 Å². The van der Waals surface area contributed by atoms with Crippen LogP contribution in [-0.2, 0) is 9.53 Å². The van der Waals surface area contributed by atoms with Gasteiger partial charge < -0.3 is 19.8 Å². The van der Waals surface area contributed by atoms with E-state index in [1.165, 1.54) is 24.3 Å². The van der Waals surface area contributed by atoms with E-state index in [1.807, 2.05) is 0 Å². The van der Waals surface area contributed by atoms with Crippen LogP contribution in [0.2, 0.25) is 0 Å². The van der Waals surface area contributed by atoms with Crippen LogP contribution in [0.3, 0.4) is 0 Å². The molecule has 2 N–H and O–H groups in total. The quantitative estimate of drug-likeness (QED) is 0.731. The zero-order chi connectivity index (χ0) is 18.8. The van der Waals surface area contributed by atoms with Gasteiger partial charge >= 0.3 is 0 Å². The molecular formula is C20H17FN2O4. The molecular weight excluding hydrogens is 351 g/mol.